The van der Waals surface area contributed by atoms with E-state index in [0.717, 1.165) is 12.1 Å². The lowest BCUT2D eigenvalue weighted by Gasteiger charge is -2.44. The lowest BCUT2D eigenvalue weighted by Crippen LogP contribution is -2.56. The number of piperidine rings is 1. The lowest BCUT2D eigenvalue weighted by atomic mass is 9.69. The largest absolute Gasteiger partial charge is 0.507 e. The van der Waals surface area contributed by atoms with Crippen LogP contribution in [0.2, 0.25) is 5.02 Å². The molecule has 0 radical (unpaired) electrons. The second kappa shape index (κ2) is 15.1. The second-order valence-electron chi connectivity index (χ2n) is 15.7. The zero-order valence-electron chi connectivity index (χ0n) is 32.6. The third-order valence-corrected chi connectivity index (χ3v) is 12.3. The third kappa shape index (κ3) is 6.57. The number of fused-ring (bicyclic) bond motifs is 5. The number of hydrogen-bond donors (Lipinski definition) is 3. The Morgan fingerprint density at radius 1 is 0.982 bits per heavy atom. The average molecular weight is 804 g/mol. The first-order valence-corrected chi connectivity index (χ1v) is 19.3. The van der Waals surface area contributed by atoms with Crippen LogP contribution in [-0.4, -0.2) is 89.1 Å². The summed E-state index contributed by atoms with van der Waals surface area (Å²) in [6.45, 7) is 6.57. The van der Waals surface area contributed by atoms with Crippen LogP contribution in [0.15, 0.2) is 58.6 Å². The average Bonchev–Trinajstić information content (AvgIpc) is 3.50. The fraction of sp³-hybridized carbons (Fsp3) is 0.452. The maximum absolute atomic E-state index is 14.5. The van der Waals surface area contributed by atoms with Crippen molar-refractivity contribution in [2.45, 2.75) is 70.1 Å². The molecule has 1 saturated heterocycles. The van der Waals surface area contributed by atoms with Crippen molar-refractivity contribution in [3.8, 4) is 28.7 Å². The van der Waals surface area contributed by atoms with Gasteiger partial charge >= 0.3 is 0 Å². The molecule has 2 aromatic carbocycles. The monoisotopic (exact) mass is 803 g/mol. The van der Waals surface area contributed by atoms with Crippen molar-refractivity contribution in [2.75, 3.05) is 34.4 Å². The number of pyridine rings is 1. The van der Waals surface area contributed by atoms with Gasteiger partial charge in [-0.25, -0.2) is 0 Å². The predicted molar refractivity (Wildman–Crippen MR) is 208 cm³/mol. The summed E-state index contributed by atoms with van der Waals surface area (Å²) in [5.74, 6) is -5.16. The van der Waals surface area contributed by atoms with Crippen LogP contribution in [0.4, 0.5) is 0 Å². The second-order valence-corrected chi connectivity index (χ2v) is 16.1. The van der Waals surface area contributed by atoms with Gasteiger partial charge in [-0.2, -0.15) is 0 Å². The SMILES string of the molecule is COc1cc(C(CC(=O)N[C@H](C(=O)N2C[C@H]3C[C@@H](C2)c2cccc(=O)n2C3)C(C)C)C2=C(O)[C@@]3(Oc4c(Cl)c(OC)cc(OC)c4C3=O)[C@H](C)CC2=O)ccc1O. The first kappa shape index (κ1) is 39.7. The molecule has 2 bridgehead atoms. The number of phenols is 1. The van der Waals surface area contributed by atoms with Gasteiger partial charge < -0.3 is 43.9 Å². The number of Topliss-reactive ketones (excluding diaryl/α,β-unsaturated/α-hetero) is 2. The number of halogens is 1. The van der Waals surface area contributed by atoms with Crippen LogP contribution in [0.3, 0.4) is 0 Å². The van der Waals surface area contributed by atoms with Gasteiger partial charge in [0.05, 0.1) is 21.3 Å². The Morgan fingerprint density at radius 3 is 2.39 bits per heavy atom. The standard InChI is InChI=1S/C42H46ClN3O11/c1-20(2)37(41(53)45-17-22-13-24(19-45)26-8-7-9-33(50)46(26)18-22)44-32(49)15-25(23-10-11-27(47)29(14-23)54-4)34-28(48)12-21(3)42(39(34)51)40(52)35-30(55-5)16-31(56-6)36(43)38(35)57-42/h7-11,14,16,20-22,24-25,37,47,51H,12-13,15,17-19H2,1-6H3,(H,44,49)/t21-,22-,24+,25?,37+,42+/m1/s1. The number of amides is 2. The molecule has 4 heterocycles. The first-order chi connectivity index (χ1) is 27.1. The molecule has 15 heteroatoms. The Kier molecular flexibility index (Phi) is 10.5. The minimum Gasteiger partial charge on any atom is -0.507 e. The number of phenolic OH excluding ortho intramolecular Hbond substituents is 1. The minimum absolute atomic E-state index is 0.0303. The molecule has 6 atom stereocenters. The molecule has 302 valence electrons. The molecule has 4 aliphatic rings. The van der Waals surface area contributed by atoms with Crippen molar-refractivity contribution >= 4 is 35.0 Å². The lowest BCUT2D eigenvalue weighted by molar-refractivity contribution is -0.140. The number of allylic oxidation sites excluding steroid dienone is 1. The zero-order valence-corrected chi connectivity index (χ0v) is 33.3. The van der Waals surface area contributed by atoms with Crippen LogP contribution in [-0.2, 0) is 20.9 Å². The highest BCUT2D eigenvalue weighted by Crippen LogP contribution is 2.56. The summed E-state index contributed by atoms with van der Waals surface area (Å²) < 4.78 is 24.4. The van der Waals surface area contributed by atoms with E-state index in [1.54, 1.807) is 22.5 Å². The van der Waals surface area contributed by atoms with E-state index in [2.05, 4.69) is 5.32 Å². The number of aromatic nitrogens is 1. The van der Waals surface area contributed by atoms with E-state index in [4.69, 9.17) is 30.5 Å². The van der Waals surface area contributed by atoms with Crippen LogP contribution < -0.4 is 29.8 Å². The summed E-state index contributed by atoms with van der Waals surface area (Å²) >= 11 is 6.64. The van der Waals surface area contributed by atoms with Crippen molar-refractivity contribution in [1.29, 1.82) is 0 Å². The van der Waals surface area contributed by atoms with Gasteiger partial charge in [0.1, 0.15) is 28.1 Å². The van der Waals surface area contributed by atoms with Gasteiger partial charge in [-0.05, 0) is 42.0 Å². The molecular formula is C42H46ClN3O11. The first-order valence-electron chi connectivity index (χ1n) is 18.9. The predicted octanol–water partition coefficient (Wildman–Crippen LogP) is 4.93. The zero-order chi connectivity index (χ0) is 41.1. The van der Waals surface area contributed by atoms with Crippen LogP contribution in [0.1, 0.15) is 73.5 Å². The molecule has 1 aliphatic carbocycles. The highest BCUT2D eigenvalue weighted by atomic mass is 35.5. The quantitative estimate of drug-likeness (QED) is 0.253. The Labute approximate surface area is 334 Å². The smallest absolute Gasteiger partial charge is 0.250 e. The van der Waals surface area contributed by atoms with Crippen LogP contribution in [0.25, 0.3) is 0 Å². The molecule has 3 aliphatic heterocycles. The molecule has 57 heavy (non-hydrogen) atoms. The van der Waals surface area contributed by atoms with E-state index in [-0.39, 0.29) is 80.5 Å². The van der Waals surface area contributed by atoms with E-state index in [1.165, 1.54) is 51.7 Å². The van der Waals surface area contributed by atoms with E-state index in [1.807, 2.05) is 19.9 Å². The Morgan fingerprint density at radius 2 is 1.70 bits per heavy atom. The number of benzene rings is 2. The Hall–Kier alpha value is -5.50. The number of carbonyl (C=O) groups excluding carboxylic acids is 4. The molecule has 1 unspecified atom stereocenters. The van der Waals surface area contributed by atoms with Crippen molar-refractivity contribution in [3.63, 3.8) is 0 Å². The number of aliphatic hydroxyl groups is 1. The number of hydrogen-bond acceptors (Lipinski definition) is 11. The summed E-state index contributed by atoms with van der Waals surface area (Å²) in [7, 11) is 4.09. The number of aromatic hydroxyl groups is 1. The van der Waals surface area contributed by atoms with E-state index in [9.17, 15) is 34.2 Å². The number of ketones is 2. The van der Waals surface area contributed by atoms with E-state index in [0.29, 0.717) is 25.2 Å². The number of ether oxygens (including phenoxy) is 4. The maximum Gasteiger partial charge on any atom is 0.250 e. The van der Waals surface area contributed by atoms with Gasteiger partial charge in [-0.15, -0.1) is 0 Å². The van der Waals surface area contributed by atoms with Crippen molar-refractivity contribution in [1.82, 2.24) is 14.8 Å². The molecule has 1 aromatic heterocycles. The number of rotatable bonds is 10. The van der Waals surface area contributed by atoms with E-state index >= 15 is 0 Å². The summed E-state index contributed by atoms with van der Waals surface area (Å²) in [5, 5.41) is 25.7. The van der Waals surface area contributed by atoms with Crippen molar-refractivity contribution in [2.24, 2.45) is 17.8 Å². The number of carbonyl (C=O) groups is 4. The molecule has 3 aromatic rings. The topological polar surface area (TPSA) is 183 Å². The van der Waals surface area contributed by atoms with Crippen LogP contribution in [0, 0.1) is 17.8 Å². The number of methoxy groups -OCH3 is 3. The number of nitrogens with zero attached hydrogens (tertiary/aromatic N) is 2. The normalized spacial score (nSPS) is 23.4. The molecule has 3 N–H and O–H groups in total. The van der Waals surface area contributed by atoms with Crippen molar-refractivity contribution in [3.05, 3.63) is 86.0 Å². The number of nitrogens with one attached hydrogen (secondary N) is 1. The third-order valence-electron chi connectivity index (χ3n) is 11.9. The molecule has 1 spiro atoms. The molecule has 1 fully saturated rings. The molecule has 14 nitrogen and oxygen atoms in total. The van der Waals surface area contributed by atoms with Gasteiger partial charge in [0.25, 0.3) is 5.56 Å². The van der Waals surface area contributed by atoms with Crippen LogP contribution >= 0.6 is 11.6 Å². The molecular weight excluding hydrogens is 758 g/mol. The molecule has 7 rings (SSSR count). The Balaban J connectivity index is 1.24. The van der Waals surface area contributed by atoms with Gasteiger partial charge in [-0.3, -0.25) is 24.0 Å². The van der Waals surface area contributed by atoms with Crippen LogP contribution in [0.5, 0.6) is 28.7 Å². The molecule has 0 saturated carbocycles. The van der Waals surface area contributed by atoms with Gasteiger partial charge in [-0.1, -0.05) is 44.5 Å². The summed E-state index contributed by atoms with van der Waals surface area (Å²) in [4.78, 5) is 71.5. The Bertz CT molecular complexity index is 2270. The van der Waals surface area contributed by atoms with Crippen molar-refractivity contribution < 1.29 is 48.3 Å². The number of likely N-dealkylation sites (tertiary alicyclic amines) is 1. The summed E-state index contributed by atoms with van der Waals surface area (Å²) in [6.07, 6.45) is 0.157. The minimum atomic E-state index is -2.11. The summed E-state index contributed by atoms with van der Waals surface area (Å²) in [6, 6.07) is 9.96. The number of aliphatic hydroxyl groups excluding tert-OH is 1. The highest BCUT2D eigenvalue weighted by molar-refractivity contribution is 6.35. The molecule has 2 amide bonds. The van der Waals surface area contributed by atoms with Gasteiger partial charge in [0, 0.05) is 73.6 Å². The van der Waals surface area contributed by atoms with Gasteiger partial charge in [0.15, 0.2) is 28.8 Å². The van der Waals surface area contributed by atoms with E-state index < -0.39 is 53.1 Å². The van der Waals surface area contributed by atoms with Gasteiger partial charge in [0.2, 0.25) is 23.2 Å². The summed E-state index contributed by atoms with van der Waals surface area (Å²) in [5.41, 5.74) is -1.26. The fourth-order valence-electron chi connectivity index (χ4n) is 9.04. The maximum atomic E-state index is 14.5. The fourth-order valence-corrected chi connectivity index (χ4v) is 9.31. The highest BCUT2D eigenvalue weighted by Gasteiger charge is 2.61.